The van der Waals surface area contributed by atoms with Crippen LogP contribution in [0, 0.1) is 18.8 Å². The predicted molar refractivity (Wildman–Crippen MR) is 99.4 cm³/mol. The number of nitrogens with zero attached hydrogens (tertiary/aromatic N) is 1. The van der Waals surface area contributed by atoms with Gasteiger partial charge in [0.2, 0.25) is 10.0 Å². The van der Waals surface area contributed by atoms with E-state index < -0.39 is 16.1 Å². The van der Waals surface area contributed by atoms with Crippen molar-refractivity contribution in [1.82, 2.24) is 5.32 Å². The molecule has 140 valence electrons. The summed E-state index contributed by atoms with van der Waals surface area (Å²) in [5, 5.41) is 3.01. The molecule has 7 heteroatoms. The summed E-state index contributed by atoms with van der Waals surface area (Å²) in [7, 11) is -3.51. The van der Waals surface area contributed by atoms with Gasteiger partial charge < -0.3 is 10.1 Å². The van der Waals surface area contributed by atoms with E-state index in [-0.39, 0.29) is 30.3 Å². The fourth-order valence-corrected chi connectivity index (χ4v) is 4.08. The first-order valence-corrected chi connectivity index (χ1v) is 10.4. The minimum atomic E-state index is -3.51. The van der Waals surface area contributed by atoms with Gasteiger partial charge in [-0.2, -0.15) is 0 Å². The Morgan fingerprint density at radius 3 is 2.36 bits per heavy atom. The summed E-state index contributed by atoms with van der Waals surface area (Å²) in [6.45, 7) is 10.1. The molecule has 0 spiro atoms. The summed E-state index contributed by atoms with van der Waals surface area (Å²) >= 11 is 0. The number of carbonyl (C=O) groups is 1. The molecule has 0 saturated heterocycles. The Balaban J connectivity index is 2.30. The van der Waals surface area contributed by atoms with E-state index in [1.165, 1.54) is 4.31 Å². The lowest BCUT2D eigenvalue weighted by molar-refractivity contribution is -0.129. The third-order valence-corrected chi connectivity index (χ3v) is 5.57. The van der Waals surface area contributed by atoms with Crippen LogP contribution in [0.25, 0.3) is 0 Å². The van der Waals surface area contributed by atoms with Gasteiger partial charge in [-0.25, -0.2) is 8.42 Å². The number of fused-ring (bicyclic) bond motifs is 1. The molecule has 0 radical (unpaired) electrons. The molecule has 1 amide bonds. The molecule has 25 heavy (non-hydrogen) atoms. The van der Waals surface area contributed by atoms with Crippen molar-refractivity contribution < 1.29 is 17.9 Å². The van der Waals surface area contributed by atoms with Gasteiger partial charge in [0, 0.05) is 6.04 Å². The fraction of sp³-hybridized carbons (Fsp3) is 0.611. The Kier molecular flexibility index (Phi) is 5.66. The smallest absolute Gasteiger partial charge is 0.263 e. The first-order valence-electron chi connectivity index (χ1n) is 8.56. The van der Waals surface area contributed by atoms with Gasteiger partial charge in [0.25, 0.3) is 5.91 Å². The number of hydrogen-bond donors (Lipinski definition) is 1. The van der Waals surface area contributed by atoms with Crippen molar-refractivity contribution in [3.63, 3.8) is 0 Å². The van der Waals surface area contributed by atoms with E-state index in [1.807, 2.05) is 40.7 Å². The number of amides is 1. The second kappa shape index (κ2) is 7.23. The molecule has 1 aliphatic heterocycles. The maximum Gasteiger partial charge on any atom is 0.263 e. The molecule has 1 aliphatic rings. The van der Waals surface area contributed by atoms with E-state index in [4.69, 9.17) is 4.74 Å². The van der Waals surface area contributed by atoms with E-state index in [2.05, 4.69) is 5.32 Å². The van der Waals surface area contributed by atoms with Crippen molar-refractivity contribution >= 4 is 21.6 Å². The standard InChI is InChI=1S/C18H28N2O4S/c1-11(2)17(12(3)4)19-18(21)16-10-20(25(6,22)23)14-9-13(5)7-8-15(14)24-16/h7-9,11-12,16-17H,10H2,1-6H3,(H,19,21)/t16-/m1/s1. The summed E-state index contributed by atoms with van der Waals surface area (Å²) in [5.41, 5.74) is 1.41. The van der Waals surface area contributed by atoms with Crippen molar-refractivity contribution in [2.24, 2.45) is 11.8 Å². The van der Waals surface area contributed by atoms with Crippen LogP contribution in [0.4, 0.5) is 5.69 Å². The van der Waals surface area contributed by atoms with Crippen LogP contribution in [-0.4, -0.2) is 39.3 Å². The fourth-order valence-electron chi connectivity index (χ4n) is 3.17. The van der Waals surface area contributed by atoms with Gasteiger partial charge in [-0.15, -0.1) is 0 Å². The molecule has 1 aromatic rings. The van der Waals surface area contributed by atoms with E-state index in [1.54, 1.807) is 12.1 Å². The SMILES string of the molecule is Cc1ccc2c(c1)N(S(C)(=O)=O)C[C@H](C(=O)NC(C(C)C)C(C)C)O2. The minimum Gasteiger partial charge on any atom is -0.476 e. The van der Waals surface area contributed by atoms with Crippen LogP contribution in [0.1, 0.15) is 33.3 Å². The molecular formula is C18H28N2O4S. The maximum absolute atomic E-state index is 12.7. The lowest BCUT2D eigenvalue weighted by Crippen LogP contribution is -2.54. The minimum absolute atomic E-state index is 0.00204. The van der Waals surface area contributed by atoms with Gasteiger partial charge >= 0.3 is 0 Å². The van der Waals surface area contributed by atoms with E-state index in [9.17, 15) is 13.2 Å². The molecule has 1 atom stereocenters. The lowest BCUT2D eigenvalue weighted by Gasteiger charge is -2.35. The summed E-state index contributed by atoms with van der Waals surface area (Å²) in [4.78, 5) is 12.7. The summed E-state index contributed by atoms with van der Waals surface area (Å²) in [6, 6.07) is 5.31. The van der Waals surface area contributed by atoms with Crippen LogP contribution in [0.5, 0.6) is 5.75 Å². The van der Waals surface area contributed by atoms with Crippen LogP contribution >= 0.6 is 0 Å². The zero-order valence-electron chi connectivity index (χ0n) is 15.7. The highest BCUT2D eigenvalue weighted by Gasteiger charge is 2.36. The molecule has 0 aromatic heterocycles. The van der Waals surface area contributed by atoms with Crippen molar-refractivity contribution in [2.75, 3.05) is 17.1 Å². The molecule has 2 rings (SSSR count). The van der Waals surface area contributed by atoms with Gasteiger partial charge in [0.05, 0.1) is 18.5 Å². The van der Waals surface area contributed by atoms with Crippen molar-refractivity contribution in [3.05, 3.63) is 23.8 Å². The van der Waals surface area contributed by atoms with Gasteiger partial charge in [-0.3, -0.25) is 9.10 Å². The van der Waals surface area contributed by atoms with E-state index in [0.29, 0.717) is 11.4 Å². The third-order valence-electron chi connectivity index (χ3n) is 4.42. The second-order valence-corrected chi connectivity index (χ2v) is 9.30. The highest BCUT2D eigenvalue weighted by Crippen LogP contribution is 2.35. The third kappa shape index (κ3) is 4.45. The number of ether oxygens (including phenoxy) is 1. The van der Waals surface area contributed by atoms with Gasteiger partial charge in [0.1, 0.15) is 5.75 Å². The molecule has 0 saturated carbocycles. The largest absolute Gasteiger partial charge is 0.476 e. The Hall–Kier alpha value is -1.76. The monoisotopic (exact) mass is 368 g/mol. The molecule has 0 unspecified atom stereocenters. The normalized spacial score (nSPS) is 17.6. The second-order valence-electron chi connectivity index (χ2n) is 7.39. The first-order chi connectivity index (χ1) is 11.5. The highest BCUT2D eigenvalue weighted by molar-refractivity contribution is 7.92. The molecule has 1 N–H and O–H groups in total. The number of nitrogens with one attached hydrogen (secondary N) is 1. The Morgan fingerprint density at radius 2 is 1.84 bits per heavy atom. The molecule has 1 heterocycles. The number of aryl methyl sites for hydroxylation is 1. The lowest BCUT2D eigenvalue weighted by atomic mass is 9.93. The van der Waals surface area contributed by atoms with Crippen LogP contribution in [-0.2, 0) is 14.8 Å². The molecule has 1 aromatic carbocycles. The Morgan fingerprint density at radius 1 is 1.24 bits per heavy atom. The molecule has 0 fully saturated rings. The zero-order valence-corrected chi connectivity index (χ0v) is 16.6. The topological polar surface area (TPSA) is 75.7 Å². The maximum atomic E-state index is 12.7. The molecule has 6 nitrogen and oxygen atoms in total. The van der Waals surface area contributed by atoms with E-state index >= 15 is 0 Å². The van der Waals surface area contributed by atoms with Crippen molar-refractivity contribution in [3.8, 4) is 5.75 Å². The average molecular weight is 368 g/mol. The quantitative estimate of drug-likeness (QED) is 0.865. The highest BCUT2D eigenvalue weighted by atomic mass is 32.2. The number of hydrogen-bond acceptors (Lipinski definition) is 4. The Bertz CT molecular complexity index is 735. The molecule has 0 aliphatic carbocycles. The average Bonchev–Trinajstić information content (AvgIpc) is 2.49. The number of sulfonamides is 1. The van der Waals surface area contributed by atoms with Crippen LogP contribution < -0.4 is 14.4 Å². The van der Waals surface area contributed by atoms with E-state index in [0.717, 1.165) is 11.8 Å². The summed E-state index contributed by atoms with van der Waals surface area (Å²) in [6.07, 6.45) is 0.273. The zero-order chi connectivity index (χ0) is 18.9. The molecule has 0 bridgehead atoms. The van der Waals surface area contributed by atoms with Crippen LogP contribution in [0.3, 0.4) is 0 Å². The summed E-state index contributed by atoms with van der Waals surface area (Å²) in [5.74, 6) is 0.669. The number of rotatable bonds is 5. The number of carbonyl (C=O) groups excluding carboxylic acids is 1. The predicted octanol–water partition coefficient (Wildman–Crippen LogP) is 2.32. The van der Waals surface area contributed by atoms with Gasteiger partial charge in [-0.1, -0.05) is 33.8 Å². The van der Waals surface area contributed by atoms with Crippen LogP contribution in [0.2, 0.25) is 0 Å². The van der Waals surface area contributed by atoms with Crippen LogP contribution in [0.15, 0.2) is 18.2 Å². The number of anilines is 1. The Labute approximate surface area is 150 Å². The molecular weight excluding hydrogens is 340 g/mol. The van der Waals surface area contributed by atoms with Gasteiger partial charge in [-0.05, 0) is 36.5 Å². The number of benzene rings is 1. The first kappa shape index (κ1) is 19.6. The van der Waals surface area contributed by atoms with Gasteiger partial charge in [0.15, 0.2) is 6.10 Å². The van der Waals surface area contributed by atoms with Crippen molar-refractivity contribution in [1.29, 1.82) is 0 Å². The summed E-state index contributed by atoms with van der Waals surface area (Å²) < 4.78 is 31.5. The van der Waals surface area contributed by atoms with Crippen molar-refractivity contribution in [2.45, 2.75) is 46.8 Å².